The number of alkyl halides is 10. The zero-order chi connectivity index (χ0) is 66.9. The number of pyridine rings is 4. The van der Waals surface area contributed by atoms with Crippen molar-refractivity contribution in [3.8, 4) is 6.07 Å². The Kier molecular flexibility index (Phi) is 33.2. The Morgan fingerprint density at radius 2 is 1.07 bits per heavy atom. The number of carbonyl (C=O) groups is 4. The summed E-state index contributed by atoms with van der Waals surface area (Å²) in [6, 6.07) is 8.52. The molecule has 8 unspecified atom stereocenters. The number of aliphatic imine (C=N–C) groups is 1. The first-order chi connectivity index (χ1) is 42.8. The zero-order valence-corrected chi connectivity index (χ0v) is 59.6. The summed E-state index contributed by atoms with van der Waals surface area (Å²) in [6.45, 7) is 13.3. The molecular formula is C59H64BBr3Cl3F8N13NaO4. The molecule has 17 nitrogen and oxygen atoms in total. The number of rotatable bonds is 16. The minimum Gasteiger partial charge on any atom is -0.512 e. The normalized spacial score (nSPS) is 23.2. The molecule has 0 aliphatic carbocycles. The van der Waals surface area contributed by atoms with Crippen LogP contribution in [0.2, 0.25) is 0 Å². The van der Waals surface area contributed by atoms with E-state index in [-0.39, 0.29) is 88.8 Å². The van der Waals surface area contributed by atoms with Gasteiger partial charge in [-0.05, 0) is 157 Å². The first-order valence-electron chi connectivity index (χ1n) is 28.2. The van der Waals surface area contributed by atoms with Crippen molar-refractivity contribution < 1.29 is 83.9 Å². The largest absolute Gasteiger partial charge is 1.00 e. The number of amides is 3. The topological polar surface area (TPSA) is 208 Å². The van der Waals surface area contributed by atoms with E-state index in [0.29, 0.717) is 37.4 Å². The summed E-state index contributed by atoms with van der Waals surface area (Å²) in [7, 11) is 0. The Hall–Kier alpha value is -4.27. The van der Waals surface area contributed by atoms with Gasteiger partial charge < -0.3 is 11.8 Å². The molecule has 3 amide bonds. The van der Waals surface area contributed by atoms with Crippen LogP contribution in [0.25, 0.3) is 0 Å². The minimum atomic E-state index is -2.85. The van der Waals surface area contributed by atoms with Gasteiger partial charge in [-0.1, -0.05) is 27.7 Å². The van der Waals surface area contributed by atoms with Gasteiger partial charge in [-0.2, -0.15) is 10.4 Å². The maximum atomic E-state index is 13.5. The number of halogens is 14. The van der Waals surface area contributed by atoms with Crippen LogP contribution >= 0.6 is 82.6 Å². The van der Waals surface area contributed by atoms with Crippen molar-refractivity contribution in [1.82, 2.24) is 45.0 Å². The van der Waals surface area contributed by atoms with Crippen LogP contribution in [0.4, 0.5) is 35.1 Å². The van der Waals surface area contributed by atoms with Gasteiger partial charge in [-0.25, -0.2) is 50.2 Å². The van der Waals surface area contributed by atoms with Crippen molar-refractivity contribution in [2.45, 2.75) is 129 Å². The predicted octanol–water partition coefficient (Wildman–Crippen LogP) is 10.9. The van der Waals surface area contributed by atoms with Crippen molar-refractivity contribution in [3.63, 3.8) is 0 Å². The van der Waals surface area contributed by atoms with Crippen molar-refractivity contribution in [2.24, 2.45) is 31.8 Å². The number of hydrazone groups is 1. The first kappa shape index (κ1) is 82.0. The molecule has 3 radical (unpaired) electrons. The Bertz CT molecular complexity index is 3240. The maximum absolute atomic E-state index is 13.5. The van der Waals surface area contributed by atoms with Gasteiger partial charge in [0.15, 0.2) is 0 Å². The number of nitriles is 1. The van der Waals surface area contributed by atoms with E-state index >= 15 is 0 Å². The maximum Gasteiger partial charge on any atom is 1.00 e. The molecule has 4 aromatic heterocycles. The molecular weight excluding hydrogens is 1490 g/mol. The number of nitrogens with zero attached hydrogens (tertiary/aromatic N) is 13. The van der Waals surface area contributed by atoms with Gasteiger partial charge >= 0.3 is 29.6 Å². The van der Waals surface area contributed by atoms with E-state index < -0.39 is 88.1 Å². The fraction of sp³-hybridized carbons (Fsp3) is 0.525. The second-order valence-electron chi connectivity index (χ2n) is 21.6. The average molecular weight is 1550 g/mol. The van der Waals surface area contributed by atoms with Gasteiger partial charge in [0.2, 0.25) is 5.24 Å². The molecule has 4 fully saturated rings. The molecule has 4 saturated heterocycles. The molecule has 491 valence electrons. The molecule has 0 bridgehead atoms. The Labute approximate surface area is 593 Å². The van der Waals surface area contributed by atoms with E-state index in [1.54, 1.807) is 79.4 Å². The number of carbonyl (C=O) groups excluding carboxylic acids is 4. The van der Waals surface area contributed by atoms with E-state index in [9.17, 15) is 54.3 Å². The van der Waals surface area contributed by atoms with Crippen LogP contribution in [0.5, 0.6) is 0 Å². The molecule has 6 aliphatic rings. The van der Waals surface area contributed by atoms with Crippen LogP contribution in [0.1, 0.15) is 131 Å². The summed E-state index contributed by atoms with van der Waals surface area (Å²) >= 11 is 26.0. The molecule has 0 spiro atoms. The summed E-state index contributed by atoms with van der Waals surface area (Å²) in [5, 5.41) is 25.7. The number of hydrogen-bond acceptors (Lipinski definition) is 14. The van der Waals surface area contributed by atoms with Gasteiger partial charge in [-0.3, -0.25) is 54.1 Å². The fourth-order valence-electron chi connectivity index (χ4n) is 10.9. The van der Waals surface area contributed by atoms with E-state index in [1.807, 2.05) is 24.5 Å². The van der Waals surface area contributed by atoms with Gasteiger partial charge in [0, 0.05) is 134 Å². The van der Waals surface area contributed by atoms with E-state index in [1.165, 1.54) is 35.6 Å². The van der Waals surface area contributed by atoms with Crippen LogP contribution < -0.4 is 29.6 Å². The molecule has 92 heavy (non-hydrogen) atoms. The van der Waals surface area contributed by atoms with Gasteiger partial charge in [-0.15, -0.1) is 23.2 Å². The summed E-state index contributed by atoms with van der Waals surface area (Å²) in [4.78, 5) is 69.0. The van der Waals surface area contributed by atoms with Crippen LogP contribution in [0.3, 0.4) is 0 Å². The van der Waals surface area contributed by atoms with Crippen LogP contribution in [-0.2, 0) is 19.2 Å². The monoisotopic (exact) mass is 1550 g/mol. The standard InChI is InChI=1S/C15H16F2N4O.C14H15BrClF2N3O.C14H16BrF2N3O.C9H9BrN2.C6H8Cl2F2O.CN.B.Na/c1-2-15(13(16)17)9-20-4-3-12(21(20)14(15)22)11-5-10(6-18)7-19-8-11;1-2-14(8-16,12(17)18)13(22)21-11(3-4-20-21)9-5-10(15)7-19-6-9;1-2-14(12(16)17)8-19-4-3-11(20(19)13(14)21)9-5-10(15)7-18-6-9;10-9-3-8(5-12-6-9)7-1-2-11-4-7;1-2-6(3-7,4(8)11)5(9)10;1-2;;/h5,7-8,12-13H,2-4,9H2,1H3;4-7,11-12H,2-3,8H2,1H3;5-7,11-12H,2-4,8H2,1H3;2-3,5-7H,1,4H2;5H,2-3H2,1H3;;;/q;;;;;-1;;+1. The van der Waals surface area contributed by atoms with E-state index in [2.05, 4.69) is 83.9 Å². The first-order valence-corrected chi connectivity index (χ1v) is 32.0. The number of fused-ring (bicyclic) bond motifs is 2. The Morgan fingerprint density at radius 3 is 1.41 bits per heavy atom. The summed E-state index contributed by atoms with van der Waals surface area (Å²) in [6.07, 6.45) is 8.98. The summed E-state index contributed by atoms with van der Waals surface area (Å²) < 4.78 is 108. The zero-order valence-electron chi connectivity index (χ0n) is 50.6. The third kappa shape index (κ3) is 18.0. The van der Waals surface area contributed by atoms with Crippen LogP contribution in [0, 0.1) is 44.8 Å². The third-order valence-corrected chi connectivity index (χ3v) is 19.4. The molecule has 0 saturated carbocycles. The molecule has 10 rings (SSSR count). The minimum absolute atomic E-state index is 0. The molecule has 10 heterocycles. The fourth-order valence-corrected chi connectivity index (χ4v) is 13.2. The number of hydrogen-bond donors (Lipinski definition) is 0. The smallest absolute Gasteiger partial charge is 0.512 e. The average Bonchev–Trinajstić information content (AvgIpc) is 1.59. The summed E-state index contributed by atoms with van der Waals surface area (Å²) in [5.74, 6) is -2.06. The van der Waals surface area contributed by atoms with Crippen molar-refractivity contribution >= 4 is 126 Å². The third-order valence-electron chi connectivity index (χ3n) is 16.8. The second-order valence-corrected chi connectivity index (χ2v) is 25.2. The molecule has 0 aromatic carbocycles. The van der Waals surface area contributed by atoms with Crippen molar-refractivity contribution in [3.05, 3.63) is 122 Å². The number of hydrazine groups is 2. The van der Waals surface area contributed by atoms with Crippen molar-refractivity contribution in [2.75, 3.05) is 44.5 Å². The molecule has 33 heteroatoms. The molecule has 8 atom stereocenters. The SMILES string of the molecule is Brc1cncc(C2CC=NC2)c1.CCC(CCl)(C(=O)Cl)C(F)F.CCC(CCl)(C(=O)N1N=CCC1c1cncc(Br)c1)C(F)F.CCC1(C(F)F)CN2CCC(c3cncc(Br)c3)N2C1=O.CCC1(C(F)F)CN2CCC(c3cncc(C#N)c3)N2C1=O.[B].[C-]#N.[Na+]. The molecule has 0 N–H and O–H groups in total. The quantitative estimate of drug-likeness (QED) is 0.0337. The van der Waals surface area contributed by atoms with Gasteiger partial charge in [0.1, 0.15) is 27.7 Å². The van der Waals surface area contributed by atoms with Gasteiger partial charge in [0.25, 0.3) is 43.4 Å². The predicted molar refractivity (Wildman–Crippen MR) is 338 cm³/mol. The second kappa shape index (κ2) is 37.3. The van der Waals surface area contributed by atoms with Crippen molar-refractivity contribution in [1.29, 1.82) is 10.5 Å². The van der Waals surface area contributed by atoms with E-state index in [0.717, 1.165) is 54.5 Å². The van der Waals surface area contributed by atoms with E-state index in [4.69, 9.17) is 51.9 Å². The number of aromatic nitrogens is 4. The molecule has 6 aliphatic heterocycles. The van der Waals surface area contributed by atoms with Crippen LogP contribution in [0.15, 0.2) is 97.4 Å². The Morgan fingerprint density at radius 1 is 0.652 bits per heavy atom. The summed E-state index contributed by atoms with van der Waals surface area (Å²) in [5.41, 5.74) is -2.94. The Balaban J connectivity index is 0.000000304. The van der Waals surface area contributed by atoms with Gasteiger partial charge in [0.05, 0.1) is 23.7 Å². The van der Waals surface area contributed by atoms with Crippen LogP contribution in [-0.4, -0.2) is 159 Å². The molecule has 4 aromatic rings.